The largest absolute Gasteiger partial charge is 1.00 e. The Hall–Kier alpha value is 0.951. The van der Waals surface area contributed by atoms with E-state index in [1.165, 1.54) is 6.42 Å². The van der Waals surface area contributed by atoms with Crippen LogP contribution < -0.4 is 29.8 Å². The van der Waals surface area contributed by atoms with Crippen LogP contribution in [0.25, 0.3) is 0 Å². The van der Waals surface area contributed by atoms with Gasteiger partial charge in [-0.1, -0.05) is 0 Å². The summed E-state index contributed by atoms with van der Waals surface area (Å²) in [6.45, 7) is 9.43. The van der Waals surface area contributed by atoms with Crippen LogP contribution in [0.2, 0.25) is 13.1 Å². The molecule has 0 bridgehead atoms. The minimum Gasteiger partial charge on any atom is -1.00 e. The summed E-state index contributed by atoms with van der Waals surface area (Å²) >= 11 is 0.128. The molecular weight excluding hydrogens is 281 g/mol. The van der Waals surface area contributed by atoms with Crippen molar-refractivity contribution in [3.05, 3.63) is 22.1 Å². The maximum absolute atomic E-state index is 3.77. The van der Waals surface area contributed by atoms with Crippen LogP contribution >= 0.6 is 0 Å². The summed E-state index contributed by atoms with van der Waals surface area (Å²) in [6.07, 6.45) is 6.98. The summed E-state index contributed by atoms with van der Waals surface area (Å²) in [5, 5.41) is 0. The Morgan fingerprint density at radius 1 is 1.33 bits per heavy atom. The average Bonchev–Trinajstić information content (AvgIpc) is 2.34. The predicted octanol–water partition coefficient (Wildman–Crippen LogP) is -3.38. The molecule has 0 saturated heterocycles. The number of rotatable bonds is 4. The predicted molar refractivity (Wildman–Crippen MR) is 57.6 cm³/mol. The third-order valence-electron chi connectivity index (χ3n) is 1.89. The van der Waals surface area contributed by atoms with E-state index >= 15 is 0 Å². The fourth-order valence-electron chi connectivity index (χ4n) is 1.70. The zero-order chi connectivity index (χ0) is 9.90. The smallest absolute Gasteiger partial charge is 1.00 e. The third kappa shape index (κ3) is 7.78. The van der Waals surface area contributed by atoms with Crippen molar-refractivity contribution in [1.29, 1.82) is 0 Å². The molecule has 1 rings (SSSR count). The van der Waals surface area contributed by atoms with Crippen LogP contribution in [0.3, 0.4) is 0 Å². The molecule has 1 nitrogen and oxygen atoms in total. The first-order chi connectivity index (χ1) is 5.99. The van der Waals surface area contributed by atoms with Gasteiger partial charge in [-0.25, -0.2) is 0 Å². The topological polar surface area (TPSA) is 12.0 Å². The molecule has 0 aromatic rings. The van der Waals surface area contributed by atoms with Crippen LogP contribution in [-0.2, 0) is 18.4 Å². The Morgan fingerprint density at radius 3 is 2.33 bits per heavy atom. The maximum Gasteiger partial charge on any atom is -1.00 e. The van der Waals surface area contributed by atoms with Crippen molar-refractivity contribution in [1.82, 2.24) is 4.98 Å². The second-order valence-corrected chi connectivity index (χ2v) is 16.2. The summed E-state index contributed by atoms with van der Waals surface area (Å²) in [6, 6.07) is 0.653. The van der Waals surface area contributed by atoms with Gasteiger partial charge in [-0.2, -0.15) is 0 Å². The molecule has 0 aromatic carbocycles. The molecule has 0 amide bonds. The Morgan fingerprint density at radius 2 is 1.93 bits per heavy atom. The van der Waals surface area contributed by atoms with Gasteiger partial charge in [-0.05, 0) is 0 Å². The Bertz CT molecular complexity index is 240. The molecule has 5 heteroatoms. The van der Waals surface area contributed by atoms with Crippen molar-refractivity contribution in [3.63, 3.8) is 0 Å². The van der Waals surface area contributed by atoms with Gasteiger partial charge in [-0.3, -0.25) is 0 Å². The molecule has 0 spiro atoms. The molecule has 1 N–H and O–H groups in total. The number of allylic oxidation sites excluding steroid dienone is 4. The number of halogens is 2. The zero-order valence-electron chi connectivity index (χ0n) is 9.77. The molecule has 0 aliphatic heterocycles. The molecule has 0 fully saturated rings. The van der Waals surface area contributed by atoms with Gasteiger partial charge < -0.3 is 24.8 Å². The number of hydrogen-bond donors (Lipinski definition) is 1. The van der Waals surface area contributed by atoms with Gasteiger partial charge in [0.15, 0.2) is 0 Å². The van der Waals surface area contributed by atoms with Gasteiger partial charge in [0.05, 0.1) is 0 Å². The second-order valence-electron chi connectivity index (χ2n) is 4.37. The van der Waals surface area contributed by atoms with Crippen LogP contribution in [0.1, 0.15) is 20.3 Å². The van der Waals surface area contributed by atoms with Gasteiger partial charge in [0.25, 0.3) is 0 Å². The van der Waals surface area contributed by atoms with E-state index in [1.54, 1.807) is 3.88 Å². The third-order valence-corrected chi connectivity index (χ3v) is 9.83. The molecule has 0 atom stereocenters. The van der Waals surface area contributed by atoms with Crippen LogP contribution in [0.15, 0.2) is 22.1 Å². The van der Waals surface area contributed by atoms with Gasteiger partial charge in [0.2, 0.25) is 0 Å². The second kappa shape index (κ2) is 8.10. The normalized spacial score (nSPS) is 14.1. The van der Waals surface area contributed by atoms with E-state index in [9.17, 15) is 0 Å². The monoisotopic (exact) mass is 299 g/mol. The van der Waals surface area contributed by atoms with Crippen LogP contribution in [-0.4, -0.2) is 12.1 Å². The van der Waals surface area contributed by atoms with E-state index in [2.05, 4.69) is 50.2 Å². The van der Waals surface area contributed by atoms with E-state index in [1.807, 2.05) is 0 Å². The van der Waals surface area contributed by atoms with Crippen molar-refractivity contribution in [2.45, 2.75) is 39.4 Å². The van der Waals surface area contributed by atoms with Gasteiger partial charge in [0.1, 0.15) is 0 Å². The molecule has 86 valence electrons. The van der Waals surface area contributed by atoms with Crippen molar-refractivity contribution >= 4 is 6.10 Å². The summed E-state index contributed by atoms with van der Waals surface area (Å²) in [5.41, 5.74) is 0. The Labute approximate surface area is 115 Å². The molecule has 0 aromatic heterocycles. The maximum atomic E-state index is 3.77. The standard InChI is InChI=1S/C5H14NSi.C5H5.2ClH.Ti/c1-5(2)6-7(3)4;1-2-4-5-3-1;;;/h5-6H,1-4H3;1-3H,4H2;2*1H;/q;;;;+2/p-2. The van der Waals surface area contributed by atoms with Gasteiger partial charge in [0, 0.05) is 0 Å². The quantitative estimate of drug-likeness (QED) is 0.534. The average molecular weight is 300 g/mol. The van der Waals surface area contributed by atoms with E-state index in [0.29, 0.717) is 6.04 Å². The van der Waals surface area contributed by atoms with Gasteiger partial charge in [-0.15, -0.1) is 0 Å². The Kier molecular flexibility index (Phi) is 9.90. The number of nitrogens with one attached hydrogen (secondary N) is 1. The summed E-state index contributed by atoms with van der Waals surface area (Å²) < 4.78 is 1.73. The zero-order valence-corrected chi connectivity index (χ0v) is 13.8. The molecule has 0 radical (unpaired) electrons. The van der Waals surface area contributed by atoms with Gasteiger partial charge >= 0.3 is 91.0 Å². The minimum atomic E-state index is -1.06. The molecule has 0 unspecified atom stereocenters. The molecule has 0 saturated carbocycles. The molecule has 1 aliphatic rings. The van der Waals surface area contributed by atoms with Crippen molar-refractivity contribution in [2.24, 2.45) is 0 Å². The van der Waals surface area contributed by atoms with E-state index < -0.39 is 6.10 Å². The first-order valence-electron chi connectivity index (χ1n) is 4.91. The van der Waals surface area contributed by atoms with E-state index in [0.717, 1.165) is 0 Å². The first kappa shape index (κ1) is 18.3. The molecular formula is C10H19Cl2NSiTi. The van der Waals surface area contributed by atoms with Crippen molar-refractivity contribution in [3.8, 4) is 0 Å². The first-order valence-corrected chi connectivity index (χ1v) is 11.0. The molecule has 15 heavy (non-hydrogen) atoms. The summed E-state index contributed by atoms with van der Waals surface area (Å²) in [7, 11) is 0. The molecule has 1 aliphatic carbocycles. The SMILES string of the molecule is CC(C)N[Si](C)(C)[Ti+2][C]1=CC=CC1.[Cl-].[Cl-]. The van der Waals surface area contributed by atoms with Crippen LogP contribution in [0, 0.1) is 0 Å². The van der Waals surface area contributed by atoms with Crippen molar-refractivity contribution in [2.75, 3.05) is 0 Å². The number of hydrogen-bond acceptors (Lipinski definition) is 1. The molecule has 0 heterocycles. The van der Waals surface area contributed by atoms with Crippen molar-refractivity contribution < 1.29 is 43.2 Å². The van der Waals surface area contributed by atoms with E-state index in [4.69, 9.17) is 0 Å². The van der Waals surface area contributed by atoms with Crippen LogP contribution in [0.4, 0.5) is 0 Å². The summed E-state index contributed by atoms with van der Waals surface area (Å²) in [5.74, 6) is 0. The minimum absolute atomic E-state index is 0. The fraction of sp³-hybridized carbons (Fsp3) is 0.600. The Balaban J connectivity index is 0. The fourth-order valence-corrected chi connectivity index (χ4v) is 10.9. The summed E-state index contributed by atoms with van der Waals surface area (Å²) in [4.78, 5) is 3.77. The van der Waals surface area contributed by atoms with Crippen LogP contribution in [0.5, 0.6) is 0 Å². The van der Waals surface area contributed by atoms with E-state index in [-0.39, 0.29) is 43.2 Å².